The van der Waals surface area contributed by atoms with Crippen LogP contribution in [0.15, 0.2) is 48.5 Å². The van der Waals surface area contributed by atoms with Crippen LogP contribution in [0, 0.1) is 21.0 Å². The predicted molar refractivity (Wildman–Crippen MR) is 246 cm³/mol. The van der Waals surface area contributed by atoms with Gasteiger partial charge in [0.1, 0.15) is 17.2 Å². The standard InChI is InChI=1S/C14H14IN5O.C7H6BrI.C7H9N5O.2C4H9O.C2HF3O.Mg/c1-8-17-12(16)11-13(18-8)20(14(19-11)21-2)7-9-4-3-5-10(15)6-9;8-5-6-2-1-3-7(9)4-6;1-3-9-5(8)4-6(10-3)12-7(11-4)13-2;2*1-4(2,3)5;3-2(4,5)1-6;/h3-6H,7H2,1-2H3,(H2,16,17,18);1-4H,5H2;1-2H3,(H3,8,9,10,11,12);2*1-3H3;1H;/q;;;2*-1;;+2. The summed E-state index contributed by atoms with van der Waals surface area (Å²) in [6.45, 7) is 14.0. The number of nitrogen functional groups attached to an aromatic ring is 2. The molecule has 2 aromatic carbocycles. The minimum Gasteiger partial charge on any atom is -0.850 e. The Bertz CT molecular complexity index is 2210. The van der Waals surface area contributed by atoms with Crippen LogP contribution in [0.4, 0.5) is 24.8 Å². The number of benzene rings is 2. The number of aldehydes is 1. The van der Waals surface area contributed by atoms with Crippen molar-refractivity contribution in [2.24, 2.45) is 0 Å². The van der Waals surface area contributed by atoms with Crippen molar-refractivity contribution in [3.8, 4) is 12.0 Å². The summed E-state index contributed by atoms with van der Waals surface area (Å²) in [6.07, 6.45) is -5.70. The summed E-state index contributed by atoms with van der Waals surface area (Å²) in [5.41, 5.74) is 15.0. The first kappa shape index (κ1) is 56.8. The van der Waals surface area contributed by atoms with Crippen molar-refractivity contribution >= 4 is 124 Å². The smallest absolute Gasteiger partial charge is 0.850 e. The molecular weight excluding hydrogens is 1090 g/mol. The molecule has 15 nitrogen and oxygen atoms in total. The van der Waals surface area contributed by atoms with Crippen molar-refractivity contribution in [1.29, 1.82) is 0 Å². The maximum absolute atomic E-state index is 10.4. The Morgan fingerprint density at radius 2 is 1.27 bits per heavy atom. The average molecular weight is 1140 g/mol. The number of nitrogens with zero attached hydrogens (tertiary/aromatic N) is 7. The minimum atomic E-state index is -4.64. The third kappa shape index (κ3) is 23.7. The molecule has 0 saturated heterocycles. The fourth-order valence-electron chi connectivity index (χ4n) is 3.96. The number of alkyl halides is 4. The van der Waals surface area contributed by atoms with Crippen LogP contribution < -0.4 is 31.2 Å². The number of nitrogens with one attached hydrogen (secondary N) is 1. The van der Waals surface area contributed by atoms with E-state index >= 15 is 0 Å². The first-order valence-corrected chi connectivity index (χ1v) is 20.5. The molecule has 0 radical (unpaired) electrons. The molecule has 0 atom stereocenters. The number of aromatic nitrogens is 8. The third-order valence-electron chi connectivity index (χ3n) is 5.95. The summed E-state index contributed by atoms with van der Waals surface area (Å²) in [7, 11) is 3.11. The number of halogens is 6. The molecule has 0 bridgehead atoms. The second kappa shape index (κ2) is 26.3. The number of ether oxygens (including phenoxy) is 2. The second-order valence-electron chi connectivity index (χ2n) is 13.9. The van der Waals surface area contributed by atoms with Gasteiger partial charge in [-0.3, -0.25) is 9.36 Å². The number of hydrogen-bond donors (Lipinski definition) is 3. The van der Waals surface area contributed by atoms with Crippen molar-refractivity contribution in [2.45, 2.75) is 84.6 Å². The number of hydrogen-bond acceptors (Lipinski definition) is 13. The van der Waals surface area contributed by atoms with Gasteiger partial charge < -0.3 is 36.1 Å². The number of fused-ring (bicyclic) bond motifs is 2. The molecule has 0 aliphatic carbocycles. The molecule has 0 aliphatic heterocycles. The largest absolute Gasteiger partial charge is 2.00 e. The quantitative estimate of drug-likeness (QED) is 0.0728. The Hall–Kier alpha value is -3.17. The van der Waals surface area contributed by atoms with Crippen LogP contribution in [0.3, 0.4) is 0 Å². The van der Waals surface area contributed by atoms with Crippen LogP contribution >= 0.6 is 61.1 Å². The van der Waals surface area contributed by atoms with E-state index < -0.39 is 23.7 Å². The van der Waals surface area contributed by atoms with Gasteiger partial charge >= 0.3 is 29.2 Å². The number of carbonyl (C=O) groups excluding carboxylic acids is 1. The number of anilines is 2. The van der Waals surface area contributed by atoms with Gasteiger partial charge in [-0.15, -0.1) is 11.2 Å². The number of H-pyrrole nitrogens is 1. The maximum Gasteiger partial charge on any atom is 2.00 e. The number of aromatic amines is 1. The summed E-state index contributed by atoms with van der Waals surface area (Å²) in [5, 5.41) is 21.2. The van der Waals surface area contributed by atoms with Crippen LogP contribution in [0.2, 0.25) is 0 Å². The number of methoxy groups -OCH3 is 2. The molecule has 0 aliphatic rings. The Balaban J connectivity index is 0.000000768. The molecular formula is C38H48BrF3I2MgN10O5. The number of aryl methyl sites for hydroxylation is 2. The molecule has 324 valence electrons. The Morgan fingerprint density at radius 1 is 0.800 bits per heavy atom. The van der Waals surface area contributed by atoms with E-state index in [9.17, 15) is 23.4 Å². The van der Waals surface area contributed by atoms with Gasteiger partial charge in [-0.1, -0.05) is 81.7 Å². The molecule has 0 fully saturated rings. The van der Waals surface area contributed by atoms with E-state index in [1.807, 2.05) is 17.6 Å². The third-order valence-corrected chi connectivity index (χ3v) is 7.94. The van der Waals surface area contributed by atoms with Crippen LogP contribution in [-0.4, -0.2) is 100 Å². The van der Waals surface area contributed by atoms with Gasteiger partial charge in [-0.25, -0.2) is 19.9 Å². The van der Waals surface area contributed by atoms with Crippen molar-refractivity contribution < 1.29 is 37.7 Å². The number of rotatable bonds is 5. The first-order chi connectivity index (χ1) is 27.2. The van der Waals surface area contributed by atoms with Gasteiger partial charge in [0.25, 0.3) is 12.0 Å². The van der Waals surface area contributed by atoms with Gasteiger partial charge in [0, 0.05) is 12.5 Å². The first-order valence-electron chi connectivity index (χ1n) is 17.2. The normalized spacial score (nSPS) is 10.7. The molecule has 0 unspecified atom stereocenters. The van der Waals surface area contributed by atoms with Crippen LogP contribution in [0.5, 0.6) is 12.0 Å². The fourth-order valence-corrected chi connectivity index (χ4v) is 5.52. The van der Waals surface area contributed by atoms with E-state index in [0.717, 1.165) is 10.9 Å². The van der Waals surface area contributed by atoms with E-state index in [1.54, 1.807) is 55.6 Å². The molecule has 4 heterocycles. The van der Waals surface area contributed by atoms with Gasteiger partial charge in [0.15, 0.2) is 28.4 Å². The molecule has 4 aromatic heterocycles. The fraction of sp³-hybridized carbons (Fsp3) is 0.395. The van der Waals surface area contributed by atoms with Gasteiger partial charge in [0.05, 0.1) is 20.8 Å². The molecule has 0 saturated carbocycles. The average Bonchev–Trinajstić information content (AvgIpc) is 3.69. The van der Waals surface area contributed by atoms with E-state index in [4.69, 9.17) is 25.7 Å². The zero-order valence-electron chi connectivity index (χ0n) is 34.9. The van der Waals surface area contributed by atoms with Crippen LogP contribution in [0.25, 0.3) is 22.3 Å². The number of nitrogens with two attached hydrogens (primary N) is 2. The number of carbonyl (C=O) groups is 1. The Kier molecular flexibility index (Phi) is 24.9. The van der Waals surface area contributed by atoms with E-state index in [2.05, 4.69) is 138 Å². The van der Waals surface area contributed by atoms with E-state index in [-0.39, 0.29) is 23.1 Å². The molecule has 22 heteroatoms. The van der Waals surface area contributed by atoms with Gasteiger partial charge in [0.2, 0.25) is 6.29 Å². The second-order valence-corrected chi connectivity index (χ2v) is 16.9. The summed E-state index contributed by atoms with van der Waals surface area (Å²) in [6, 6.07) is 17.6. The summed E-state index contributed by atoms with van der Waals surface area (Å²) < 4.78 is 45.9. The summed E-state index contributed by atoms with van der Waals surface area (Å²) in [4.78, 5) is 36.7. The van der Waals surface area contributed by atoms with Crippen molar-refractivity contribution in [3.63, 3.8) is 0 Å². The van der Waals surface area contributed by atoms with Crippen LogP contribution in [0.1, 0.15) is 64.3 Å². The van der Waals surface area contributed by atoms with Gasteiger partial charge in [-0.2, -0.15) is 23.1 Å². The van der Waals surface area contributed by atoms with E-state index in [0.29, 0.717) is 64.2 Å². The van der Waals surface area contributed by atoms with Crippen molar-refractivity contribution in [1.82, 2.24) is 39.5 Å². The molecule has 5 N–H and O–H groups in total. The van der Waals surface area contributed by atoms with Crippen molar-refractivity contribution in [3.05, 3.63) is 78.4 Å². The van der Waals surface area contributed by atoms with Crippen molar-refractivity contribution in [2.75, 3.05) is 25.7 Å². The maximum atomic E-state index is 10.4. The molecule has 6 aromatic rings. The van der Waals surface area contributed by atoms with E-state index in [1.165, 1.54) is 19.8 Å². The monoisotopic (exact) mass is 1140 g/mol. The Morgan fingerprint density at radius 3 is 1.70 bits per heavy atom. The summed E-state index contributed by atoms with van der Waals surface area (Å²) >= 11 is 7.99. The Labute approximate surface area is 399 Å². The molecule has 6 rings (SSSR count). The zero-order valence-corrected chi connectivity index (χ0v) is 42.2. The topological polar surface area (TPSA) is 232 Å². The van der Waals surface area contributed by atoms with Gasteiger partial charge in [-0.05, 0) is 94.4 Å². The molecule has 60 heavy (non-hydrogen) atoms. The SMILES string of the molecule is BrCc1cccc(I)c1.CC(C)(C)[O-].CC(C)(C)[O-].COc1nc2c(N)nc(C)nc2n1Cc1cccc(I)c1.COc1nc2nc(C)nc(N)c2[nH]1.O=CC(F)(F)F.[Mg+2]. The minimum absolute atomic E-state index is 0. The predicted octanol–water partition coefficient (Wildman–Crippen LogP) is 6.47. The summed E-state index contributed by atoms with van der Waals surface area (Å²) in [5.74, 6) is 1.97. The number of imidazole rings is 2. The van der Waals surface area contributed by atoms with Crippen LogP contribution in [-0.2, 0) is 16.7 Å². The molecule has 0 amide bonds. The molecule has 0 spiro atoms. The zero-order chi connectivity index (χ0) is 45.3.